The summed E-state index contributed by atoms with van der Waals surface area (Å²) in [6.07, 6.45) is 2.34. The van der Waals surface area contributed by atoms with Crippen LogP contribution in [0.25, 0.3) is 0 Å². The molecule has 1 N–H and O–H groups in total. The molecular weight excluding hydrogens is 294 g/mol. The lowest BCUT2D eigenvalue weighted by atomic mass is 10.2. The van der Waals surface area contributed by atoms with Crippen LogP contribution >= 0.6 is 0 Å². The van der Waals surface area contributed by atoms with Gasteiger partial charge in [-0.25, -0.2) is 0 Å². The lowest BCUT2D eigenvalue weighted by molar-refractivity contribution is 0.0766. The molecule has 2 aromatic heterocycles. The Hall–Kier alpha value is -2.70. The highest BCUT2D eigenvalue weighted by Crippen LogP contribution is 2.14. The van der Waals surface area contributed by atoms with Gasteiger partial charge in [0.05, 0.1) is 11.3 Å². The van der Waals surface area contributed by atoms with Crippen molar-refractivity contribution in [2.45, 2.75) is 13.3 Å². The fraction of sp³-hybridized carbons (Fsp3) is 0.375. The number of H-pyrrole nitrogens is 1. The molecule has 3 heterocycles. The molecule has 0 spiro atoms. The van der Waals surface area contributed by atoms with E-state index >= 15 is 0 Å². The summed E-state index contributed by atoms with van der Waals surface area (Å²) < 4.78 is 0. The summed E-state index contributed by atoms with van der Waals surface area (Å²) >= 11 is 0. The number of nitrogens with zero attached hydrogens (tertiary/aromatic N) is 4. The lowest BCUT2D eigenvalue weighted by Crippen LogP contribution is -2.35. The minimum absolute atomic E-state index is 0.0573. The second-order valence-corrected chi connectivity index (χ2v) is 5.61. The third-order valence-corrected chi connectivity index (χ3v) is 3.92. The molecule has 0 aliphatic carbocycles. The van der Waals surface area contributed by atoms with Crippen LogP contribution in [0.1, 0.15) is 22.5 Å². The Bertz CT molecular complexity index is 720. The summed E-state index contributed by atoms with van der Waals surface area (Å²) in [5.41, 5.74) is 1.19. The number of nitrogens with one attached hydrogen (secondary N) is 1. The van der Waals surface area contributed by atoms with E-state index in [-0.39, 0.29) is 11.5 Å². The van der Waals surface area contributed by atoms with Crippen molar-refractivity contribution in [2.75, 3.05) is 31.1 Å². The lowest BCUT2D eigenvalue weighted by Gasteiger charge is -2.22. The summed E-state index contributed by atoms with van der Waals surface area (Å²) in [6.45, 7) is 4.77. The summed E-state index contributed by atoms with van der Waals surface area (Å²) in [5, 5.41) is 8.30. The zero-order valence-electron chi connectivity index (χ0n) is 13.0. The number of hydrogen-bond donors (Lipinski definition) is 1. The smallest absolute Gasteiger partial charge is 0.255 e. The molecule has 3 rings (SSSR count). The maximum Gasteiger partial charge on any atom is 0.255 e. The second-order valence-electron chi connectivity index (χ2n) is 5.61. The quantitative estimate of drug-likeness (QED) is 0.888. The van der Waals surface area contributed by atoms with Gasteiger partial charge in [0.25, 0.3) is 5.91 Å². The predicted molar refractivity (Wildman–Crippen MR) is 86.6 cm³/mol. The SMILES string of the molecule is Cc1ccc(N2CCCN(C(=O)c3ccc(=O)[nH]c3)CC2)nn1. The number of pyridine rings is 1. The van der Waals surface area contributed by atoms with E-state index in [9.17, 15) is 9.59 Å². The monoisotopic (exact) mass is 313 g/mol. The van der Waals surface area contributed by atoms with Crippen molar-refractivity contribution in [2.24, 2.45) is 0 Å². The summed E-state index contributed by atoms with van der Waals surface area (Å²) in [4.78, 5) is 30.1. The number of aromatic amines is 1. The minimum Gasteiger partial charge on any atom is -0.353 e. The standard InChI is InChI=1S/C16H19N5O2/c1-12-3-5-14(19-18-12)20-7-2-8-21(10-9-20)16(23)13-4-6-15(22)17-11-13/h3-6,11H,2,7-10H2,1H3,(H,17,22). The van der Waals surface area contributed by atoms with E-state index in [1.54, 1.807) is 6.07 Å². The van der Waals surface area contributed by atoms with Crippen LogP contribution in [-0.2, 0) is 0 Å². The van der Waals surface area contributed by atoms with E-state index in [0.29, 0.717) is 25.2 Å². The van der Waals surface area contributed by atoms with Gasteiger partial charge in [-0.2, -0.15) is 5.10 Å². The Balaban J connectivity index is 1.68. The van der Waals surface area contributed by atoms with E-state index in [4.69, 9.17) is 0 Å². The van der Waals surface area contributed by atoms with E-state index in [1.165, 1.54) is 12.3 Å². The molecule has 7 nitrogen and oxygen atoms in total. The average Bonchev–Trinajstić information content (AvgIpc) is 2.82. The van der Waals surface area contributed by atoms with Crippen molar-refractivity contribution < 1.29 is 4.79 Å². The molecule has 0 atom stereocenters. The van der Waals surface area contributed by atoms with Gasteiger partial charge >= 0.3 is 0 Å². The maximum absolute atomic E-state index is 12.5. The highest BCUT2D eigenvalue weighted by Gasteiger charge is 2.21. The van der Waals surface area contributed by atoms with Crippen LogP contribution in [0.15, 0.2) is 35.3 Å². The molecule has 1 amide bonds. The number of carbonyl (C=O) groups is 1. The van der Waals surface area contributed by atoms with E-state index in [1.807, 2.05) is 24.0 Å². The van der Waals surface area contributed by atoms with Gasteiger partial charge in [-0.15, -0.1) is 5.10 Å². The van der Waals surface area contributed by atoms with Crippen LogP contribution in [0.5, 0.6) is 0 Å². The van der Waals surface area contributed by atoms with Gasteiger partial charge in [0, 0.05) is 38.4 Å². The van der Waals surface area contributed by atoms with Crippen LogP contribution in [0, 0.1) is 6.92 Å². The van der Waals surface area contributed by atoms with Crippen LogP contribution in [0.3, 0.4) is 0 Å². The highest BCUT2D eigenvalue weighted by molar-refractivity contribution is 5.93. The number of hydrogen-bond acceptors (Lipinski definition) is 5. The van der Waals surface area contributed by atoms with E-state index < -0.39 is 0 Å². The van der Waals surface area contributed by atoms with E-state index in [2.05, 4.69) is 20.1 Å². The molecule has 120 valence electrons. The number of amides is 1. The summed E-state index contributed by atoms with van der Waals surface area (Å²) in [5.74, 6) is 0.784. The van der Waals surface area contributed by atoms with Gasteiger partial charge in [0.2, 0.25) is 5.56 Å². The molecule has 1 saturated heterocycles. The van der Waals surface area contributed by atoms with Gasteiger partial charge in [-0.3, -0.25) is 9.59 Å². The molecule has 23 heavy (non-hydrogen) atoms. The van der Waals surface area contributed by atoms with Crippen molar-refractivity contribution in [3.63, 3.8) is 0 Å². The predicted octanol–water partition coefficient (Wildman–Crippen LogP) is 0.826. The Morgan fingerprint density at radius 1 is 1.09 bits per heavy atom. The zero-order chi connectivity index (χ0) is 16.2. The van der Waals surface area contributed by atoms with Crippen LogP contribution in [-0.4, -0.2) is 52.2 Å². The molecule has 0 unspecified atom stereocenters. The number of anilines is 1. The molecule has 0 radical (unpaired) electrons. The van der Waals surface area contributed by atoms with Gasteiger partial charge in [0.15, 0.2) is 5.82 Å². The molecule has 0 aromatic carbocycles. The highest BCUT2D eigenvalue weighted by atomic mass is 16.2. The zero-order valence-corrected chi connectivity index (χ0v) is 13.0. The second kappa shape index (κ2) is 6.60. The van der Waals surface area contributed by atoms with Crippen LogP contribution < -0.4 is 10.5 Å². The molecule has 1 aliphatic heterocycles. The number of aryl methyl sites for hydroxylation is 1. The Morgan fingerprint density at radius 3 is 2.65 bits per heavy atom. The molecule has 0 saturated carbocycles. The molecule has 7 heteroatoms. The third-order valence-electron chi connectivity index (χ3n) is 3.92. The normalized spacial score (nSPS) is 15.3. The largest absolute Gasteiger partial charge is 0.353 e. The minimum atomic E-state index is -0.207. The molecule has 2 aromatic rings. The Morgan fingerprint density at radius 2 is 1.96 bits per heavy atom. The topological polar surface area (TPSA) is 82.2 Å². The van der Waals surface area contributed by atoms with E-state index in [0.717, 1.165) is 24.5 Å². The van der Waals surface area contributed by atoms with Crippen molar-refractivity contribution in [1.82, 2.24) is 20.1 Å². The third kappa shape index (κ3) is 3.56. The van der Waals surface area contributed by atoms with Crippen LogP contribution in [0.4, 0.5) is 5.82 Å². The Kier molecular flexibility index (Phi) is 4.36. The fourth-order valence-corrected chi connectivity index (χ4v) is 2.64. The first-order valence-electron chi connectivity index (χ1n) is 7.67. The summed E-state index contributed by atoms with van der Waals surface area (Å²) in [7, 11) is 0. The molecule has 1 fully saturated rings. The number of aromatic nitrogens is 3. The van der Waals surface area contributed by atoms with Gasteiger partial charge in [-0.05, 0) is 31.5 Å². The van der Waals surface area contributed by atoms with Gasteiger partial charge in [-0.1, -0.05) is 0 Å². The van der Waals surface area contributed by atoms with Crippen molar-refractivity contribution in [3.05, 3.63) is 52.1 Å². The van der Waals surface area contributed by atoms with Crippen molar-refractivity contribution in [1.29, 1.82) is 0 Å². The Labute approximate surface area is 134 Å². The van der Waals surface area contributed by atoms with Gasteiger partial charge in [0.1, 0.15) is 0 Å². The molecule has 1 aliphatic rings. The molecular formula is C16H19N5O2. The van der Waals surface area contributed by atoms with Crippen LogP contribution in [0.2, 0.25) is 0 Å². The van der Waals surface area contributed by atoms with Crippen molar-refractivity contribution in [3.8, 4) is 0 Å². The number of carbonyl (C=O) groups excluding carboxylic acids is 1. The van der Waals surface area contributed by atoms with Crippen molar-refractivity contribution >= 4 is 11.7 Å². The van der Waals surface area contributed by atoms with Gasteiger partial charge < -0.3 is 14.8 Å². The number of rotatable bonds is 2. The maximum atomic E-state index is 12.5. The first-order valence-corrected chi connectivity index (χ1v) is 7.67. The first-order chi connectivity index (χ1) is 11.1. The fourth-order valence-electron chi connectivity index (χ4n) is 2.64. The first kappa shape index (κ1) is 15.2. The average molecular weight is 313 g/mol. The molecule has 0 bridgehead atoms. The summed E-state index contributed by atoms with van der Waals surface area (Å²) in [6, 6.07) is 6.84.